The summed E-state index contributed by atoms with van der Waals surface area (Å²) in [6.45, 7) is 1.72. The fraction of sp³-hybridized carbons (Fsp3) is 0.529. The Hall–Kier alpha value is -1.98. The van der Waals surface area contributed by atoms with Crippen LogP contribution >= 0.6 is 0 Å². The van der Waals surface area contributed by atoms with E-state index in [-0.39, 0.29) is 6.10 Å². The van der Waals surface area contributed by atoms with Crippen LogP contribution in [0.2, 0.25) is 0 Å². The van der Waals surface area contributed by atoms with Gasteiger partial charge in [-0.15, -0.1) is 0 Å². The molecule has 8 heteroatoms. The summed E-state index contributed by atoms with van der Waals surface area (Å²) in [4.78, 5) is 11.8. The number of carbonyl (C=O) groups is 1. The molecule has 1 atom stereocenters. The van der Waals surface area contributed by atoms with E-state index < -0.39 is 38.3 Å². The van der Waals surface area contributed by atoms with Crippen LogP contribution in [0.5, 0.6) is 0 Å². The molecule has 0 aromatic heterocycles. The zero-order valence-electron chi connectivity index (χ0n) is 14.0. The summed E-state index contributed by atoms with van der Waals surface area (Å²) in [5, 5.41) is 8.98. The van der Waals surface area contributed by atoms with E-state index in [9.17, 15) is 17.6 Å². The highest BCUT2D eigenvalue weighted by atomic mass is 32.2. The van der Waals surface area contributed by atoms with E-state index in [0.717, 1.165) is 44.2 Å². The average molecular weight is 368 g/mol. The first-order valence-electron chi connectivity index (χ1n) is 8.29. The zero-order valence-corrected chi connectivity index (χ0v) is 14.8. The van der Waals surface area contributed by atoms with Gasteiger partial charge in [0.25, 0.3) is 15.9 Å². The van der Waals surface area contributed by atoms with Gasteiger partial charge in [0.05, 0.1) is 6.10 Å². The van der Waals surface area contributed by atoms with Gasteiger partial charge in [-0.1, -0.05) is 32.3 Å². The number of amides is 1. The van der Waals surface area contributed by atoms with E-state index in [1.165, 1.54) is 12.1 Å². The van der Waals surface area contributed by atoms with Crippen LogP contribution in [-0.2, 0) is 19.6 Å². The molecule has 1 aromatic carbocycles. The normalized spacial score (nSPS) is 16.8. The van der Waals surface area contributed by atoms with Crippen LogP contribution in [0, 0.1) is 17.1 Å². The molecule has 1 aromatic rings. The number of halogens is 1. The predicted molar refractivity (Wildman–Crippen MR) is 88.5 cm³/mol. The second-order valence-electron chi connectivity index (χ2n) is 5.99. The van der Waals surface area contributed by atoms with Crippen LogP contribution in [0.4, 0.5) is 4.39 Å². The lowest BCUT2D eigenvalue weighted by molar-refractivity contribution is -0.136. The molecule has 1 aliphatic carbocycles. The van der Waals surface area contributed by atoms with Crippen molar-refractivity contribution >= 4 is 15.9 Å². The maximum Gasteiger partial charge on any atom is 0.265 e. The molecule has 1 N–H and O–H groups in total. The first kappa shape index (κ1) is 19.3. The van der Waals surface area contributed by atoms with Crippen molar-refractivity contribution in [3.63, 3.8) is 0 Å². The number of carbonyl (C=O) groups excluding carboxylic acids is 1. The van der Waals surface area contributed by atoms with E-state index in [1.807, 2.05) is 4.72 Å². The number of rotatable bonds is 6. The number of hydrogen-bond acceptors (Lipinski definition) is 5. The summed E-state index contributed by atoms with van der Waals surface area (Å²) in [5.41, 5.74) is -0.621. The molecule has 1 fully saturated rings. The molecule has 0 heterocycles. The maximum absolute atomic E-state index is 13.6. The smallest absolute Gasteiger partial charge is 0.265 e. The first-order valence-corrected chi connectivity index (χ1v) is 9.78. The molecule has 1 aliphatic rings. The predicted octanol–water partition coefficient (Wildman–Crippen LogP) is 2.63. The first-order chi connectivity index (χ1) is 11.9. The molecule has 25 heavy (non-hydrogen) atoms. The molecule has 0 saturated heterocycles. The molecule has 0 unspecified atom stereocenters. The third-order valence-corrected chi connectivity index (χ3v) is 5.57. The van der Waals surface area contributed by atoms with Crippen molar-refractivity contribution in [2.45, 2.75) is 62.6 Å². The molecule has 0 radical (unpaired) electrons. The van der Waals surface area contributed by atoms with Gasteiger partial charge in [-0.3, -0.25) is 4.79 Å². The highest BCUT2D eigenvalue weighted by Crippen LogP contribution is 2.23. The number of sulfonamides is 1. The van der Waals surface area contributed by atoms with Crippen molar-refractivity contribution in [2.75, 3.05) is 0 Å². The summed E-state index contributed by atoms with van der Waals surface area (Å²) in [7, 11) is -4.36. The molecular weight excluding hydrogens is 347 g/mol. The van der Waals surface area contributed by atoms with E-state index in [1.54, 1.807) is 6.92 Å². The largest absolute Gasteiger partial charge is 0.365 e. The third kappa shape index (κ3) is 4.77. The Balaban J connectivity index is 2.14. The van der Waals surface area contributed by atoms with Crippen molar-refractivity contribution < 1.29 is 22.3 Å². The second-order valence-corrected chi connectivity index (χ2v) is 7.64. The van der Waals surface area contributed by atoms with Gasteiger partial charge in [-0.05, 0) is 31.4 Å². The minimum atomic E-state index is -4.36. The Kier molecular flexibility index (Phi) is 6.51. The van der Waals surface area contributed by atoms with E-state index in [4.69, 9.17) is 10.00 Å². The number of nitriles is 1. The third-order valence-electron chi connectivity index (χ3n) is 4.18. The van der Waals surface area contributed by atoms with Gasteiger partial charge in [-0.25, -0.2) is 17.5 Å². The quantitative estimate of drug-likeness (QED) is 0.833. The van der Waals surface area contributed by atoms with Crippen LogP contribution in [0.25, 0.3) is 0 Å². The van der Waals surface area contributed by atoms with E-state index in [2.05, 4.69) is 0 Å². The summed E-state index contributed by atoms with van der Waals surface area (Å²) in [5.74, 6) is -1.76. The van der Waals surface area contributed by atoms with Crippen LogP contribution in [0.15, 0.2) is 23.1 Å². The minimum Gasteiger partial charge on any atom is -0.365 e. The van der Waals surface area contributed by atoms with Gasteiger partial charge in [0.15, 0.2) is 0 Å². The lowest BCUT2D eigenvalue weighted by atomic mass is 9.97. The Labute approximate surface area is 147 Å². The maximum atomic E-state index is 13.6. The summed E-state index contributed by atoms with van der Waals surface area (Å²) in [6, 6.07) is 4.76. The van der Waals surface area contributed by atoms with Crippen molar-refractivity contribution in [1.82, 2.24) is 4.72 Å². The monoisotopic (exact) mass is 368 g/mol. The fourth-order valence-electron chi connectivity index (χ4n) is 2.87. The lowest BCUT2D eigenvalue weighted by Crippen LogP contribution is -2.41. The molecule has 1 saturated carbocycles. The van der Waals surface area contributed by atoms with Gasteiger partial charge in [0, 0.05) is 0 Å². The highest BCUT2D eigenvalue weighted by molar-refractivity contribution is 7.90. The van der Waals surface area contributed by atoms with Crippen LogP contribution in [-0.4, -0.2) is 26.5 Å². The number of nitrogens with one attached hydrogen (secondary N) is 1. The molecule has 136 valence electrons. The van der Waals surface area contributed by atoms with Crippen molar-refractivity contribution in [2.24, 2.45) is 0 Å². The summed E-state index contributed by atoms with van der Waals surface area (Å²) in [6.07, 6.45) is 4.22. The van der Waals surface area contributed by atoms with Gasteiger partial charge < -0.3 is 4.74 Å². The summed E-state index contributed by atoms with van der Waals surface area (Å²) < 4.78 is 46.0. The van der Waals surface area contributed by atoms with Gasteiger partial charge in [-0.2, -0.15) is 5.26 Å². The molecule has 0 spiro atoms. The number of nitrogens with zero attached hydrogens (tertiary/aromatic N) is 1. The molecule has 1 amide bonds. The topological polar surface area (TPSA) is 96.3 Å². The number of benzene rings is 1. The van der Waals surface area contributed by atoms with E-state index in [0.29, 0.717) is 6.42 Å². The second kappa shape index (κ2) is 8.41. The average Bonchev–Trinajstić information content (AvgIpc) is 2.59. The van der Waals surface area contributed by atoms with Crippen molar-refractivity contribution in [3.05, 3.63) is 29.6 Å². The molecule has 6 nitrogen and oxygen atoms in total. The van der Waals surface area contributed by atoms with Crippen LogP contribution < -0.4 is 4.72 Å². The Morgan fingerprint density at radius 3 is 2.68 bits per heavy atom. The summed E-state index contributed by atoms with van der Waals surface area (Å²) >= 11 is 0. The lowest BCUT2D eigenvalue weighted by Gasteiger charge is -2.26. The molecular formula is C17H21FN2O4S. The van der Waals surface area contributed by atoms with Crippen molar-refractivity contribution in [3.8, 4) is 6.07 Å². The number of ether oxygens (including phenoxy) is 1. The van der Waals surface area contributed by atoms with Crippen LogP contribution in [0.3, 0.4) is 0 Å². The SMILES string of the molecule is CC[C@H](OC1CCCCC1)C(=O)NS(=O)(=O)c1cccc(F)c1C#N. The Morgan fingerprint density at radius 1 is 1.40 bits per heavy atom. The van der Waals surface area contributed by atoms with Gasteiger partial charge in [0.2, 0.25) is 0 Å². The van der Waals surface area contributed by atoms with Gasteiger partial charge in [0.1, 0.15) is 28.4 Å². The zero-order chi connectivity index (χ0) is 18.4. The number of hydrogen-bond donors (Lipinski definition) is 1. The molecule has 0 aliphatic heterocycles. The highest BCUT2D eigenvalue weighted by Gasteiger charge is 2.29. The molecule has 2 rings (SSSR count). The minimum absolute atomic E-state index is 0.0593. The van der Waals surface area contributed by atoms with Gasteiger partial charge >= 0.3 is 0 Å². The Bertz CT molecular complexity index is 767. The standard InChI is InChI=1S/C17H21FN2O4S/c1-2-15(24-12-7-4-3-5-8-12)17(21)20-25(22,23)16-10-6-9-14(18)13(16)11-19/h6,9-10,12,15H,2-5,7-8H2,1H3,(H,20,21)/t15-/m0/s1. The van der Waals surface area contributed by atoms with E-state index >= 15 is 0 Å². The van der Waals surface area contributed by atoms with Crippen LogP contribution in [0.1, 0.15) is 51.0 Å². The Morgan fingerprint density at radius 2 is 2.08 bits per heavy atom. The fourth-order valence-corrected chi connectivity index (χ4v) is 4.04. The molecule has 0 bridgehead atoms. The van der Waals surface area contributed by atoms with Crippen molar-refractivity contribution in [1.29, 1.82) is 5.26 Å².